The van der Waals surface area contributed by atoms with Crippen molar-refractivity contribution in [2.45, 2.75) is 63.7 Å². The maximum atomic E-state index is 11.4. The topological polar surface area (TPSA) is 83.5 Å². The Hall–Kier alpha value is -4.27. The zero-order chi connectivity index (χ0) is 31.1. The lowest BCUT2D eigenvalue weighted by Crippen LogP contribution is -2.56. The van der Waals surface area contributed by atoms with Gasteiger partial charge in [0.25, 0.3) is 0 Å². The van der Waals surface area contributed by atoms with Crippen molar-refractivity contribution in [3.05, 3.63) is 155 Å². The summed E-state index contributed by atoms with van der Waals surface area (Å²) in [7, 11) is 0. The van der Waals surface area contributed by atoms with Gasteiger partial charge in [-0.1, -0.05) is 121 Å². The molecule has 0 saturated carbocycles. The largest absolute Gasteiger partial charge is 0.487 e. The Morgan fingerprint density at radius 3 is 1.56 bits per heavy atom. The first-order valence-electron chi connectivity index (χ1n) is 15.3. The molecule has 5 rings (SSSR count). The van der Waals surface area contributed by atoms with Gasteiger partial charge >= 0.3 is 5.97 Å². The lowest BCUT2D eigenvalue weighted by Gasteiger charge is -2.43. The summed E-state index contributed by atoms with van der Waals surface area (Å²) in [6, 6.07) is 39.8. The van der Waals surface area contributed by atoms with Crippen LogP contribution in [0.25, 0.3) is 0 Å². The van der Waals surface area contributed by atoms with Gasteiger partial charge in [0, 0.05) is 6.42 Å². The monoisotopic (exact) mass is 608 g/mol. The van der Waals surface area contributed by atoms with Crippen molar-refractivity contribution in [1.82, 2.24) is 0 Å². The third kappa shape index (κ3) is 10.1. The van der Waals surface area contributed by atoms with Gasteiger partial charge in [-0.2, -0.15) is 0 Å². The fourth-order valence-corrected chi connectivity index (χ4v) is 5.21. The number of hydrogen-bond acceptors (Lipinski definition) is 6. The molecule has 4 atom stereocenters. The van der Waals surface area contributed by atoms with Crippen molar-refractivity contribution in [3.63, 3.8) is 0 Å². The quantitative estimate of drug-likeness (QED) is 0.145. The highest BCUT2D eigenvalue weighted by Gasteiger charge is 2.46. The third-order valence-corrected chi connectivity index (χ3v) is 7.50. The molecule has 7 heteroatoms. The molecule has 234 valence electrons. The van der Waals surface area contributed by atoms with E-state index in [1.165, 1.54) is 0 Å². The highest BCUT2D eigenvalue weighted by atomic mass is 16.6. The van der Waals surface area contributed by atoms with Crippen LogP contribution in [0.3, 0.4) is 0 Å². The van der Waals surface area contributed by atoms with E-state index >= 15 is 0 Å². The fraction of sp³-hybridized carbons (Fsp3) is 0.289. The summed E-state index contributed by atoms with van der Waals surface area (Å²) in [5, 5.41) is 9.35. The molecule has 7 nitrogen and oxygen atoms in total. The maximum Gasteiger partial charge on any atom is 0.303 e. The predicted molar refractivity (Wildman–Crippen MR) is 171 cm³/mol. The molecule has 1 saturated heterocycles. The summed E-state index contributed by atoms with van der Waals surface area (Å²) < 4.78 is 32.7. The predicted octanol–water partition coefficient (Wildman–Crippen LogP) is 7.11. The summed E-state index contributed by atoms with van der Waals surface area (Å²) in [4.78, 5) is 11.4. The highest BCUT2D eigenvalue weighted by Crippen LogP contribution is 2.33. The number of benzene rings is 4. The van der Waals surface area contributed by atoms with Crippen LogP contribution in [0.1, 0.15) is 35.1 Å². The van der Waals surface area contributed by atoms with Crippen molar-refractivity contribution in [3.8, 4) is 0 Å². The lowest BCUT2D eigenvalue weighted by molar-refractivity contribution is -0.223. The van der Waals surface area contributed by atoms with Gasteiger partial charge in [0.2, 0.25) is 0 Å². The summed E-state index contributed by atoms with van der Waals surface area (Å²) in [5.41, 5.74) is 4.08. The second kappa shape index (κ2) is 17.3. The molecule has 45 heavy (non-hydrogen) atoms. The number of rotatable bonds is 16. The molecule has 0 unspecified atom stereocenters. The van der Waals surface area contributed by atoms with Crippen LogP contribution in [-0.4, -0.2) is 42.1 Å². The van der Waals surface area contributed by atoms with E-state index in [2.05, 4.69) is 0 Å². The SMILES string of the molecule is O=C(O)CC/C=C1/O[C@H](COCc2ccccc2)[C@@H](OCc2ccccc2)[C@H](OCc2ccccc2)[C@@H]1OCc1ccccc1. The van der Waals surface area contributed by atoms with E-state index in [-0.39, 0.29) is 19.4 Å². The van der Waals surface area contributed by atoms with Crippen molar-refractivity contribution in [2.24, 2.45) is 0 Å². The molecule has 0 amide bonds. The molecule has 1 aliphatic heterocycles. The summed E-state index contributed by atoms with van der Waals surface area (Å²) in [5.74, 6) is -0.355. The lowest BCUT2D eigenvalue weighted by atomic mass is 9.96. The summed E-state index contributed by atoms with van der Waals surface area (Å²) >= 11 is 0. The Kier molecular flexibility index (Phi) is 12.3. The average Bonchev–Trinajstić information content (AvgIpc) is 3.08. The van der Waals surface area contributed by atoms with Crippen LogP contribution in [-0.2, 0) is 54.9 Å². The van der Waals surface area contributed by atoms with E-state index in [0.717, 1.165) is 22.3 Å². The van der Waals surface area contributed by atoms with E-state index < -0.39 is 30.4 Å². The molecule has 1 aliphatic rings. The zero-order valence-corrected chi connectivity index (χ0v) is 25.3. The fourth-order valence-electron chi connectivity index (χ4n) is 5.21. The number of hydrogen-bond donors (Lipinski definition) is 1. The Labute approximate surface area is 265 Å². The van der Waals surface area contributed by atoms with Gasteiger partial charge < -0.3 is 28.8 Å². The van der Waals surface area contributed by atoms with Crippen LogP contribution in [0.15, 0.2) is 133 Å². The van der Waals surface area contributed by atoms with Gasteiger partial charge in [-0.25, -0.2) is 0 Å². The molecule has 1 fully saturated rings. The number of carboxylic acids is 1. The highest BCUT2D eigenvalue weighted by molar-refractivity contribution is 5.66. The van der Waals surface area contributed by atoms with Crippen LogP contribution in [0.2, 0.25) is 0 Å². The van der Waals surface area contributed by atoms with Gasteiger partial charge in [-0.3, -0.25) is 4.79 Å². The number of ether oxygens (including phenoxy) is 5. The van der Waals surface area contributed by atoms with Gasteiger partial charge in [0.1, 0.15) is 24.1 Å². The Balaban J connectivity index is 1.45. The number of aliphatic carboxylic acids is 1. The number of carbonyl (C=O) groups is 1. The van der Waals surface area contributed by atoms with Crippen LogP contribution in [0.5, 0.6) is 0 Å². The molecule has 0 aromatic heterocycles. The first-order valence-corrected chi connectivity index (χ1v) is 15.3. The van der Waals surface area contributed by atoms with E-state index in [0.29, 0.717) is 32.2 Å². The van der Waals surface area contributed by atoms with Crippen molar-refractivity contribution >= 4 is 5.97 Å². The summed E-state index contributed by atoms with van der Waals surface area (Å²) in [6.07, 6.45) is -0.249. The van der Waals surface area contributed by atoms with Gasteiger partial charge in [0.05, 0.1) is 33.0 Å². The van der Waals surface area contributed by atoms with E-state index in [1.807, 2.05) is 121 Å². The number of carboxylic acid groups (broad SMARTS) is 1. The van der Waals surface area contributed by atoms with E-state index in [1.54, 1.807) is 6.08 Å². The van der Waals surface area contributed by atoms with Crippen LogP contribution >= 0.6 is 0 Å². The standard InChI is InChI=1S/C38H40O7/c39-35(40)23-13-22-33-36(42-25-30-16-7-2-8-17-30)38(44-27-32-20-11-4-12-21-32)37(43-26-31-18-9-3-10-19-31)34(45-33)28-41-24-29-14-5-1-6-15-29/h1-12,14-22,34,36-38H,13,23-28H2,(H,39,40)/b33-22+/t34-,36-,37-,38-/m1/s1. The second-order valence-electron chi connectivity index (χ2n) is 10.9. The van der Waals surface area contributed by atoms with E-state index in [9.17, 15) is 9.90 Å². The third-order valence-electron chi connectivity index (χ3n) is 7.50. The van der Waals surface area contributed by atoms with Gasteiger partial charge in [0.15, 0.2) is 6.10 Å². The molecule has 1 heterocycles. The Bertz CT molecular complexity index is 1440. The molecule has 0 radical (unpaired) electrons. The van der Waals surface area contributed by atoms with Crippen molar-refractivity contribution in [1.29, 1.82) is 0 Å². The Morgan fingerprint density at radius 1 is 0.622 bits per heavy atom. The molecule has 4 aromatic carbocycles. The van der Waals surface area contributed by atoms with Crippen LogP contribution < -0.4 is 0 Å². The first-order chi connectivity index (χ1) is 22.2. The minimum atomic E-state index is -0.881. The molecule has 0 bridgehead atoms. The summed E-state index contributed by atoms with van der Waals surface area (Å²) in [6.45, 7) is 1.65. The van der Waals surface area contributed by atoms with Gasteiger partial charge in [-0.15, -0.1) is 0 Å². The molecular weight excluding hydrogens is 568 g/mol. The van der Waals surface area contributed by atoms with Crippen molar-refractivity contribution < 1.29 is 33.6 Å². The molecule has 1 N–H and O–H groups in total. The van der Waals surface area contributed by atoms with E-state index in [4.69, 9.17) is 23.7 Å². The molecule has 4 aromatic rings. The van der Waals surface area contributed by atoms with Crippen LogP contribution in [0.4, 0.5) is 0 Å². The van der Waals surface area contributed by atoms with Crippen molar-refractivity contribution in [2.75, 3.05) is 6.61 Å². The Morgan fingerprint density at radius 2 is 1.07 bits per heavy atom. The minimum absolute atomic E-state index is 0.0308. The van der Waals surface area contributed by atoms with Crippen LogP contribution in [0, 0.1) is 0 Å². The zero-order valence-electron chi connectivity index (χ0n) is 25.3. The second-order valence-corrected chi connectivity index (χ2v) is 10.9. The van der Waals surface area contributed by atoms with Gasteiger partial charge in [-0.05, 0) is 34.8 Å². The number of allylic oxidation sites excluding steroid dienone is 1. The average molecular weight is 609 g/mol. The first kappa shape index (κ1) is 32.1. The smallest absolute Gasteiger partial charge is 0.303 e. The molecule has 0 spiro atoms. The maximum absolute atomic E-state index is 11.4. The minimum Gasteiger partial charge on any atom is -0.487 e. The molecule has 0 aliphatic carbocycles. The normalized spacial score (nSPS) is 20.5. The molecular formula is C38H40O7.